The average molecular weight is 264 g/mol. The third kappa shape index (κ3) is 2.50. The van der Waals surface area contributed by atoms with Crippen LogP contribution in [-0.4, -0.2) is 48.2 Å². The van der Waals surface area contributed by atoms with Gasteiger partial charge in [-0.25, -0.2) is 4.68 Å². The summed E-state index contributed by atoms with van der Waals surface area (Å²) in [5.74, 6) is 0.864. The molecule has 3 heterocycles. The van der Waals surface area contributed by atoms with Gasteiger partial charge in [0.05, 0.1) is 12.2 Å². The molecule has 1 spiro atoms. The number of anilines is 1. The largest absolute Gasteiger partial charge is 0.371 e. The van der Waals surface area contributed by atoms with Crippen LogP contribution in [0.25, 0.3) is 0 Å². The van der Waals surface area contributed by atoms with Gasteiger partial charge in [-0.1, -0.05) is 0 Å². The molecule has 1 N–H and O–H groups in total. The van der Waals surface area contributed by atoms with E-state index in [1.165, 1.54) is 4.68 Å². The summed E-state index contributed by atoms with van der Waals surface area (Å²) in [6.07, 6.45) is 2.07. The Morgan fingerprint density at radius 1 is 1.37 bits per heavy atom. The lowest BCUT2D eigenvalue weighted by atomic mass is 9.90. The highest BCUT2D eigenvalue weighted by Gasteiger charge is 2.38. The molecule has 0 aromatic carbocycles. The fourth-order valence-corrected chi connectivity index (χ4v) is 2.88. The Kier molecular flexibility index (Phi) is 3.28. The molecule has 2 fully saturated rings. The molecule has 0 amide bonds. The number of piperidine rings is 1. The van der Waals surface area contributed by atoms with Crippen LogP contribution in [-0.2, 0) is 11.8 Å². The normalized spacial score (nSPS) is 22.7. The lowest BCUT2D eigenvalue weighted by molar-refractivity contribution is -0.0741. The van der Waals surface area contributed by atoms with Crippen molar-refractivity contribution in [3.63, 3.8) is 0 Å². The summed E-state index contributed by atoms with van der Waals surface area (Å²) in [7, 11) is 1.69. The topological polar surface area (TPSA) is 59.4 Å². The molecule has 0 aliphatic carbocycles. The van der Waals surface area contributed by atoms with Crippen molar-refractivity contribution >= 4 is 5.82 Å². The molecule has 0 unspecified atom stereocenters. The molecule has 6 heteroatoms. The van der Waals surface area contributed by atoms with E-state index in [1.807, 2.05) is 6.07 Å². The number of hydrogen-bond donors (Lipinski definition) is 1. The SMILES string of the molecule is Cn1nc(N2CCOC3(CCNCC3)C2)ccc1=O. The third-order valence-corrected chi connectivity index (χ3v) is 4.03. The Labute approximate surface area is 112 Å². The Bertz CT molecular complexity index is 502. The van der Waals surface area contributed by atoms with E-state index in [4.69, 9.17) is 4.74 Å². The molecule has 3 rings (SSSR count). The highest BCUT2D eigenvalue weighted by Crippen LogP contribution is 2.29. The lowest BCUT2D eigenvalue weighted by Gasteiger charge is -2.45. The highest BCUT2D eigenvalue weighted by atomic mass is 16.5. The van der Waals surface area contributed by atoms with Gasteiger partial charge in [-0.05, 0) is 32.0 Å². The van der Waals surface area contributed by atoms with Crippen LogP contribution in [0.3, 0.4) is 0 Å². The number of nitrogens with one attached hydrogen (secondary N) is 1. The smallest absolute Gasteiger partial charge is 0.266 e. The number of aromatic nitrogens is 2. The monoisotopic (exact) mass is 264 g/mol. The van der Waals surface area contributed by atoms with E-state index in [-0.39, 0.29) is 11.2 Å². The van der Waals surface area contributed by atoms with E-state index in [2.05, 4.69) is 15.3 Å². The molecule has 6 nitrogen and oxygen atoms in total. The molecular formula is C13H20N4O2. The zero-order valence-corrected chi connectivity index (χ0v) is 11.3. The minimum atomic E-state index is -0.0754. The zero-order chi connectivity index (χ0) is 13.3. The molecule has 2 saturated heterocycles. The Balaban J connectivity index is 1.80. The van der Waals surface area contributed by atoms with Gasteiger partial charge in [-0.15, -0.1) is 0 Å². The number of ether oxygens (including phenoxy) is 1. The molecule has 0 bridgehead atoms. The maximum absolute atomic E-state index is 11.4. The predicted octanol–water partition coefficient (Wildman–Crippen LogP) is -0.261. The van der Waals surface area contributed by atoms with Gasteiger partial charge in [0, 0.05) is 26.2 Å². The van der Waals surface area contributed by atoms with E-state index >= 15 is 0 Å². The van der Waals surface area contributed by atoms with Crippen LogP contribution >= 0.6 is 0 Å². The van der Waals surface area contributed by atoms with Gasteiger partial charge >= 0.3 is 0 Å². The molecule has 0 radical (unpaired) electrons. The first-order valence-electron chi connectivity index (χ1n) is 6.83. The highest BCUT2D eigenvalue weighted by molar-refractivity contribution is 5.38. The Morgan fingerprint density at radius 2 is 2.16 bits per heavy atom. The van der Waals surface area contributed by atoms with Crippen LogP contribution in [0.4, 0.5) is 5.82 Å². The third-order valence-electron chi connectivity index (χ3n) is 4.03. The van der Waals surface area contributed by atoms with E-state index in [1.54, 1.807) is 13.1 Å². The molecular weight excluding hydrogens is 244 g/mol. The first-order chi connectivity index (χ1) is 9.19. The summed E-state index contributed by atoms with van der Waals surface area (Å²) >= 11 is 0. The van der Waals surface area contributed by atoms with Crippen LogP contribution in [0.5, 0.6) is 0 Å². The van der Waals surface area contributed by atoms with Crippen LogP contribution in [0.1, 0.15) is 12.8 Å². The first kappa shape index (κ1) is 12.6. The Hall–Kier alpha value is -1.40. The summed E-state index contributed by atoms with van der Waals surface area (Å²) in [6.45, 7) is 4.44. The van der Waals surface area contributed by atoms with Crippen molar-refractivity contribution in [2.45, 2.75) is 18.4 Å². The number of morpholine rings is 1. The minimum Gasteiger partial charge on any atom is -0.371 e. The maximum Gasteiger partial charge on any atom is 0.266 e. The predicted molar refractivity (Wildman–Crippen MR) is 72.5 cm³/mol. The van der Waals surface area contributed by atoms with Crippen LogP contribution in [0.2, 0.25) is 0 Å². The van der Waals surface area contributed by atoms with Gasteiger partial charge < -0.3 is 15.0 Å². The zero-order valence-electron chi connectivity index (χ0n) is 11.3. The number of rotatable bonds is 1. The fraction of sp³-hybridized carbons (Fsp3) is 0.692. The molecule has 0 saturated carbocycles. The first-order valence-corrected chi connectivity index (χ1v) is 6.83. The van der Waals surface area contributed by atoms with E-state index in [0.717, 1.165) is 51.4 Å². The van der Waals surface area contributed by atoms with Gasteiger partial charge in [0.25, 0.3) is 5.56 Å². The molecule has 19 heavy (non-hydrogen) atoms. The standard InChI is InChI=1S/C13H20N4O2/c1-16-12(18)3-2-11(15-16)17-8-9-19-13(10-17)4-6-14-7-5-13/h2-3,14H,4-10H2,1H3. The molecule has 2 aliphatic rings. The minimum absolute atomic E-state index is 0.0418. The molecule has 104 valence electrons. The van der Waals surface area contributed by atoms with Crippen molar-refractivity contribution in [3.05, 3.63) is 22.5 Å². The van der Waals surface area contributed by atoms with E-state index in [0.29, 0.717) is 0 Å². The second-order valence-electron chi connectivity index (χ2n) is 5.36. The summed E-state index contributed by atoms with van der Waals surface area (Å²) in [5.41, 5.74) is -0.117. The van der Waals surface area contributed by atoms with Crippen LogP contribution in [0, 0.1) is 0 Å². The second kappa shape index (κ2) is 4.94. The summed E-state index contributed by atoms with van der Waals surface area (Å²) in [6, 6.07) is 3.38. The van der Waals surface area contributed by atoms with Crippen LogP contribution < -0.4 is 15.8 Å². The van der Waals surface area contributed by atoms with Crippen molar-refractivity contribution in [2.75, 3.05) is 37.7 Å². The van der Waals surface area contributed by atoms with Crippen molar-refractivity contribution in [3.8, 4) is 0 Å². The summed E-state index contributed by atoms with van der Waals surface area (Å²) in [4.78, 5) is 13.6. The van der Waals surface area contributed by atoms with Crippen molar-refractivity contribution in [1.82, 2.24) is 15.1 Å². The molecule has 1 aromatic heterocycles. The molecule has 1 aromatic rings. The number of hydrogen-bond acceptors (Lipinski definition) is 5. The average Bonchev–Trinajstić information content (AvgIpc) is 2.43. The van der Waals surface area contributed by atoms with Gasteiger partial charge in [-0.3, -0.25) is 4.79 Å². The van der Waals surface area contributed by atoms with Crippen LogP contribution in [0.15, 0.2) is 16.9 Å². The van der Waals surface area contributed by atoms with Gasteiger partial charge in [0.1, 0.15) is 5.82 Å². The number of nitrogens with zero attached hydrogens (tertiary/aromatic N) is 3. The van der Waals surface area contributed by atoms with Crippen molar-refractivity contribution < 1.29 is 4.74 Å². The van der Waals surface area contributed by atoms with Crippen molar-refractivity contribution in [1.29, 1.82) is 0 Å². The molecule has 2 aliphatic heterocycles. The summed E-state index contributed by atoms with van der Waals surface area (Å²) < 4.78 is 7.42. The van der Waals surface area contributed by atoms with Crippen molar-refractivity contribution in [2.24, 2.45) is 7.05 Å². The maximum atomic E-state index is 11.4. The second-order valence-corrected chi connectivity index (χ2v) is 5.36. The Morgan fingerprint density at radius 3 is 2.89 bits per heavy atom. The molecule has 0 atom stereocenters. The number of aryl methyl sites for hydroxylation is 1. The van der Waals surface area contributed by atoms with E-state index in [9.17, 15) is 4.79 Å². The lowest BCUT2D eigenvalue weighted by Crippen LogP contribution is -2.56. The van der Waals surface area contributed by atoms with Gasteiger partial charge in [0.2, 0.25) is 0 Å². The quantitative estimate of drug-likeness (QED) is 0.757. The van der Waals surface area contributed by atoms with Gasteiger partial charge in [-0.2, -0.15) is 5.10 Å². The fourth-order valence-electron chi connectivity index (χ4n) is 2.88. The van der Waals surface area contributed by atoms with E-state index < -0.39 is 0 Å². The van der Waals surface area contributed by atoms with Gasteiger partial charge in [0.15, 0.2) is 0 Å². The summed E-state index contributed by atoms with van der Waals surface area (Å²) in [5, 5.41) is 7.70.